The van der Waals surface area contributed by atoms with E-state index in [1.165, 1.54) is 0 Å². The summed E-state index contributed by atoms with van der Waals surface area (Å²) in [5.41, 5.74) is 1.04. The van der Waals surface area contributed by atoms with Gasteiger partial charge in [0.1, 0.15) is 11.5 Å². The first-order valence-corrected chi connectivity index (χ1v) is 8.53. The van der Waals surface area contributed by atoms with Crippen molar-refractivity contribution in [2.24, 2.45) is 5.92 Å². The lowest BCUT2D eigenvalue weighted by molar-refractivity contribution is -0.128. The van der Waals surface area contributed by atoms with Gasteiger partial charge in [0.25, 0.3) is 0 Å². The van der Waals surface area contributed by atoms with Crippen molar-refractivity contribution in [3.63, 3.8) is 0 Å². The summed E-state index contributed by atoms with van der Waals surface area (Å²) >= 11 is 3.47. The second-order valence-corrected chi connectivity index (χ2v) is 6.17. The standard InChI is InChI=1S/C18H18BrNO2/c19-11-14-10-18(21)20(12-14)13-15-6-4-5-9-17(15)22-16-7-2-1-3-8-16/h1-9,14H,10-13H2. The van der Waals surface area contributed by atoms with Gasteiger partial charge in [-0.25, -0.2) is 0 Å². The minimum atomic E-state index is 0.221. The maximum absolute atomic E-state index is 12.1. The third kappa shape index (κ3) is 3.50. The van der Waals surface area contributed by atoms with E-state index in [1.54, 1.807) is 0 Å². The number of rotatable bonds is 5. The number of carbonyl (C=O) groups is 1. The molecule has 0 spiro atoms. The van der Waals surface area contributed by atoms with Gasteiger partial charge >= 0.3 is 0 Å². The third-order valence-electron chi connectivity index (χ3n) is 3.82. The minimum absolute atomic E-state index is 0.221. The summed E-state index contributed by atoms with van der Waals surface area (Å²) in [7, 11) is 0. The monoisotopic (exact) mass is 359 g/mol. The molecule has 22 heavy (non-hydrogen) atoms. The van der Waals surface area contributed by atoms with E-state index in [4.69, 9.17) is 4.74 Å². The quantitative estimate of drug-likeness (QED) is 0.747. The van der Waals surface area contributed by atoms with Gasteiger partial charge in [-0.1, -0.05) is 52.3 Å². The molecular formula is C18H18BrNO2. The van der Waals surface area contributed by atoms with Gasteiger partial charge in [0.15, 0.2) is 0 Å². The van der Waals surface area contributed by atoms with Crippen LogP contribution in [0.1, 0.15) is 12.0 Å². The zero-order chi connectivity index (χ0) is 15.4. The van der Waals surface area contributed by atoms with Crippen LogP contribution in [0.3, 0.4) is 0 Å². The number of halogens is 1. The highest BCUT2D eigenvalue weighted by Crippen LogP contribution is 2.28. The van der Waals surface area contributed by atoms with Gasteiger partial charge in [-0.05, 0) is 24.1 Å². The van der Waals surface area contributed by atoms with Crippen molar-refractivity contribution in [2.45, 2.75) is 13.0 Å². The van der Waals surface area contributed by atoms with Gasteiger partial charge in [0, 0.05) is 30.4 Å². The first kappa shape index (κ1) is 15.1. The number of amides is 1. The number of hydrogen-bond acceptors (Lipinski definition) is 2. The highest BCUT2D eigenvalue weighted by Gasteiger charge is 2.29. The summed E-state index contributed by atoms with van der Waals surface area (Å²) in [6.07, 6.45) is 0.632. The Bertz CT molecular complexity index is 645. The van der Waals surface area contributed by atoms with Crippen LogP contribution in [-0.2, 0) is 11.3 Å². The molecule has 3 nitrogen and oxygen atoms in total. The molecule has 1 aliphatic heterocycles. The molecule has 0 bridgehead atoms. The first-order valence-electron chi connectivity index (χ1n) is 7.41. The van der Waals surface area contributed by atoms with Crippen molar-refractivity contribution in [3.8, 4) is 11.5 Å². The van der Waals surface area contributed by atoms with Crippen LogP contribution in [0, 0.1) is 5.92 Å². The van der Waals surface area contributed by atoms with E-state index in [0.29, 0.717) is 18.9 Å². The Morgan fingerprint density at radius 3 is 2.55 bits per heavy atom. The summed E-state index contributed by atoms with van der Waals surface area (Å²) in [4.78, 5) is 14.0. The Morgan fingerprint density at radius 1 is 1.09 bits per heavy atom. The molecule has 0 saturated carbocycles. The molecule has 1 aliphatic rings. The molecule has 0 aliphatic carbocycles. The van der Waals surface area contributed by atoms with E-state index in [2.05, 4.69) is 15.9 Å². The fourth-order valence-electron chi connectivity index (χ4n) is 2.67. The Kier molecular flexibility index (Phi) is 4.78. The summed E-state index contributed by atoms with van der Waals surface area (Å²) < 4.78 is 5.96. The maximum Gasteiger partial charge on any atom is 0.223 e. The van der Waals surface area contributed by atoms with Gasteiger partial charge in [0.2, 0.25) is 5.91 Å². The van der Waals surface area contributed by atoms with Gasteiger partial charge in [0.05, 0.1) is 0 Å². The lowest BCUT2D eigenvalue weighted by Crippen LogP contribution is -2.24. The summed E-state index contributed by atoms with van der Waals surface area (Å²) in [6.45, 7) is 1.41. The van der Waals surface area contributed by atoms with Crippen LogP contribution in [0.5, 0.6) is 11.5 Å². The molecule has 114 valence electrons. The van der Waals surface area contributed by atoms with Crippen LogP contribution in [0.15, 0.2) is 54.6 Å². The minimum Gasteiger partial charge on any atom is -0.457 e. The normalized spacial score (nSPS) is 17.8. The van der Waals surface area contributed by atoms with Crippen molar-refractivity contribution in [2.75, 3.05) is 11.9 Å². The molecule has 1 saturated heterocycles. The lowest BCUT2D eigenvalue weighted by Gasteiger charge is -2.18. The predicted molar refractivity (Wildman–Crippen MR) is 90.3 cm³/mol. The molecule has 4 heteroatoms. The molecule has 1 fully saturated rings. The average molecular weight is 360 g/mol. The van der Waals surface area contributed by atoms with E-state index < -0.39 is 0 Å². The zero-order valence-corrected chi connectivity index (χ0v) is 13.8. The van der Waals surface area contributed by atoms with E-state index in [0.717, 1.165) is 28.9 Å². The van der Waals surface area contributed by atoms with E-state index >= 15 is 0 Å². The van der Waals surface area contributed by atoms with Crippen LogP contribution in [-0.4, -0.2) is 22.7 Å². The average Bonchev–Trinajstić information content (AvgIpc) is 2.90. The molecule has 1 unspecified atom stereocenters. The van der Waals surface area contributed by atoms with E-state index in [1.807, 2.05) is 59.5 Å². The van der Waals surface area contributed by atoms with Crippen LogP contribution < -0.4 is 4.74 Å². The number of nitrogens with zero attached hydrogens (tertiary/aromatic N) is 1. The molecule has 0 N–H and O–H groups in total. The summed E-state index contributed by atoms with van der Waals surface area (Å²) in [5.74, 6) is 2.25. The lowest BCUT2D eigenvalue weighted by atomic mass is 10.1. The number of para-hydroxylation sites is 2. The molecule has 1 atom stereocenters. The van der Waals surface area contributed by atoms with E-state index in [-0.39, 0.29) is 5.91 Å². The van der Waals surface area contributed by atoms with Gasteiger partial charge in [-0.2, -0.15) is 0 Å². The Labute approximate surface area is 139 Å². The van der Waals surface area contributed by atoms with Crippen LogP contribution in [0.25, 0.3) is 0 Å². The molecule has 1 amide bonds. The Morgan fingerprint density at radius 2 is 1.82 bits per heavy atom. The van der Waals surface area contributed by atoms with Crippen molar-refractivity contribution in [1.82, 2.24) is 4.90 Å². The van der Waals surface area contributed by atoms with Crippen molar-refractivity contribution in [3.05, 3.63) is 60.2 Å². The van der Waals surface area contributed by atoms with Crippen LogP contribution in [0.2, 0.25) is 0 Å². The van der Waals surface area contributed by atoms with Crippen LogP contribution >= 0.6 is 15.9 Å². The molecule has 1 heterocycles. The second kappa shape index (κ2) is 6.97. The topological polar surface area (TPSA) is 29.5 Å². The number of ether oxygens (including phenoxy) is 1. The smallest absolute Gasteiger partial charge is 0.223 e. The first-order chi connectivity index (χ1) is 10.8. The third-order valence-corrected chi connectivity index (χ3v) is 4.73. The maximum atomic E-state index is 12.1. The summed E-state index contributed by atoms with van der Waals surface area (Å²) in [6, 6.07) is 17.6. The van der Waals surface area contributed by atoms with Crippen molar-refractivity contribution < 1.29 is 9.53 Å². The van der Waals surface area contributed by atoms with E-state index in [9.17, 15) is 4.79 Å². The Hall–Kier alpha value is -1.81. The number of benzene rings is 2. The van der Waals surface area contributed by atoms with Gasteiger partial charge in [-0.3, -0.25) is 4.79 Å². The molecule has 2 aromatic carbocycles. The molecule has 0 radical (unpaired) electrons. The number of hydrogen-bond donors (Lipinski definition) is 0. The largest absolute Gasteiger partial charge is 0.457 e. The molecule has 2 aromatic rings. The fraction of sp³-hybridized carbons (Fsp3) is 0.278. The molecule has 3 rings (SSSR count). The summed E-state index contributed by atoms with van der Waals surface area (Å²) in [5, 5.41) is 0.872. The van der Waals surface area contributed by atoms with Crippen LogP contribution in [0.4, 0.5) is 0 Å². The van der Waals surface area contributed by atoms with Gasteiger partial charge < -0.3 is 9.64 Å². The van der Waals surface area contributed by atoms with Crippen molar-refractivity contribution in [1.29, 1.82) is 0 Å². The number of alkyl halides is 1. The van der Waals surface area contributed by atoms with Gasteiger partial charge in [-0.15, -0.1) is 0 Å². The SMILES string of the molecule is O=C1CC(CBr)CN1Cc1ccccc1Oc1ccccc1. The Balaban J connectivity index is 1.76. The molecule has 0 aromatic heterocycles. The highest BCUT2D eigenvalue weighted by atomic mass is 79.9. The van der Waals surface area contributed by atoms with Crippen molar-refractivity contribution >= 4 is 21.8 Å². The number of likely N-dealkylation sites (tertiary alicyclic amines) is 1. The second-order valence-electron chi connectivity index (χ2n) is 5.52. The highest BCUT2D eigenvalue weighted by molar-refractivity contribution is 9.09. The predicted octanol–water partition coefficient (Wildman–Crippen LogP) is 4.22. The molecular weight excluding hydrogens is 342 g/mol. The number of carbonyl (C=O) groups excluding carboxylic acids is 1. The fourth-order valence-corrected chi connectivity index (χ4v) is 3.10. The zero-order valence-electron chi connectivity index (χ0n) is 12.2.